The minimum atomic E-state index is 0.720. The van der Waals surface area contributed by atoms with Crippen LogP contribution in [0.3, 0.4) is 0 Å². The van der Waals surface area contributed by atoms with Crippen LogP contribution in [-0.4, -0.2) is 37.1 Å². The van der Waals surface area contributed by atoms with Gasteiger partial charge in [-0.2, -0.15) is 0 Å². The highest BCUT2D eigenvalue weighted by Crippen LogP contribution is 2.11. The van der Waals surface area contributed by atoms with Crippen LogP contribution in [0.2, 0.25) is 0 Å². The number of aryl methyl sites for hydroxylation is 1. The molecule has 0 saturated carbocycles. The Bertz CT molecular complexity index is 349. The van der Waals surface area contributed by atoms with Gasteiger partial charge in [0.05, 0.1) is 0 Å². The fraction of sp³-hybridized carbons (Fsp3) is 0.600. The summed E-state index contributed by atoms with van der Waals surface area (Å²) in [5, 5.41) is 3.54. The number of benzene rings is 1. The Balaban J connectivity index is 1.76. The molecule has 0 radical (unpaired) electrons. The van der Waals surface area contributed by atoms with Gasteiger partial charge in [-0.25, -0.2) is 0 Å². The molecule has 1 aromatic rings. The van der Waals surface area contributed by atoms with E-state index in [2.05, 4.69) is 48.3 Å². The average Bonchev–Trinajstić information content (AvgIpc) is 2.75. The first-order valence-corrected chi connectivity index (χ1v) is 6.79. The molecule has 2 nitrogen and oxygen atoms in total. The first kappa shape index (κ1) is 12.6. The molecule has 1 heterocycles. The van der Waals surface area contributed by atoms with E-state index >= 15 is 0 Å². The molecule has 2 heteroatoms. The smallest absolute Gasteiger partial charge is 0.0207 e. The van der Waals surface area contributed by atoms with Crippen molar-refractivity contribution in [1.29, 1.82) is 0 Å². The van der Waals surface area contributed by atoms with Crippen molar-refractivity contribution in [3.05, 3.63) is 35.4 Å². The van der Waals surface area contributed by atoms with Crippen molar-refractivity contribution in [2.45, 2.75) is 32.7 Å². The lowest BCUT2D eigenvalue weighted by atomic mass is 10.1. The van der Waals surface area contributed by atoms with Gasteiger partial charge >= 0.3 is 0 Å². The van der Waals surface area contributed by atoms with Crippen LogP contribution in [0.15, 0.2) is 24.3 Å². The van der Waals surface area contributed by atoms with E-state index in [1.807, 2.05) is 0 Å². The number of hydrogen-bond donors (Lipinski definition) is 1. The summed E-state index contributed by atoms with van der Waals surface area (Å²) in [5.41, 5.74) is 2.84. The Morgan fingerprint density at radius 1 is 1.41 bits per heavy atom. The van der Waals surface area contributed by atoms with E-state index in [-0.39, 0.29) is 0 Å². The van der Waals surface area contributed by atoms with Crippen molar-refractivity contribution >= 4 is 0 Å². The molecule has 0 spiro atoms. The summed E-state index contributed by atoms with van der Waals surface area (Å²) in [4.78, 5) is 2.58. The van der Waals surface area contributed by atoms with Crippen LogP contribution in [0.1, 0.15) is 24.5 Å². The van der Waals surface area contributed by atoms with Crippen molar-refractivity contribution in [3.8, 4) is 0 Å². The molecule has 0 aromatic heterocycles. The van der Waals surface area contributed by atoms with Crippen LogP contribution in [0, 0.1) is 6.92 Å². The standard InChI is InChI=1S/C15H24N2/c1-3-16-15-8-10-17(12-15)9-7-14-6-4-5-13(2)11-14/h4-6,11,15-16H,3,7-10,12H2,1-2H3. The Kier molecular flexibility index (Phi) is 4.57. The van der Waals surface area contributed by atoms with E-state index in [9.17, 15) is 0 Å². The maximum atomic E-state index is 3.54. The highest BCUT2D eigenvalue weighted by molar-refractivity contribution is 5.22. The molecule has 1 atom stereocenters. The number of likely N-dealkylation sites (tertiary alicyclic amines) is 1. The Labute approximate surface area is 105 Å². The summed E-state index contributed by atoms with van der Waals surface area (Å²) < 4.78 is 0. The molecule has 1 aromatic carbocycles. The topological polar surface area (TPSA) is 15.3 Å². The third kappa shape index (κ3) is 3.83. The summed E-state index contributed by atoms with van der Waals surface area (Å²) in [6.07, 6.45) is 2.49. The van der Waals surface area contributed by atoms with Crippen LogP contribution in [-0.2, 0) is 6.42 Å². The minimum absolute atomic E-state index is 0.720. The molecule has 1 aliphatic heterocycles. The first-order chi connectivity index (χ1) is 8.28. The van der Waals surface area contributed by atoms with Gasteiger partial charge in [-0.3, -0.25) is 0 Å². The number of nitrogens with zero attached hydrogens (tertiary/aromatic N) is 1. The molecule has 17 heavy (non-hydrogen) atoms. The van der Waals surface area contributed by atoms with Crippen LogP contribution in [0.4, 0.5) is 0 Å². The second-order valence-electron chi connectivity index (χ2n) is 5.08. The highest BCUT2D eigenvalue weighted by atomic mass is 15.2. The van der Waals surface area contributed by atoms with E-state index in [0.29, 0.717) is 0 Å². The molecule has 94 valence electrons. The normalized spacial score (nSPS) is 20.9. The molecule has 1 N–H and O–H groups in total. The lowest BCUT2D eigenvalue weighted by Crippen LogP contribution is -2.32. The van der Waals surface area contributed by atoms with Gasteiger partial charge in [-0.05, 0) is 38.4 Å². The Hall–Kier alpha value is -0.860. The summed E-state index contributed by atoms with van der Waals surface area (Å²) in [6.45, 7) is 9.13. The van der Waals surface area contributed by atoms with E-state index < -0.39 is 0 Å². The zero-order chi connectivity index (χ0) is 12.1. The third-order valence-electron chi connectivity index (χ3n) is 3.56. The van der Waals surface area contributed by atoms with Crippen molar-refractivity contribution in [2.24, 2.45) is 0 Å². The number of hydrogen-bond acceptors (Lipinski definition) is 2. The SMILES string of the molecule is CCNC1CCN(CCc2cccc(C)c2)C1. The average molecular weight is 232 g/mol. The zero-order valence-corrected chi connectivity index (χ0v) is 11.1. The second kappa shape index (κ2) is 6.18. The molecule has 0 bridgehead atoms. The Morgan fingerprint density at radius 3 is 3.06 bits per heavy atom. The molecular weight excluding hydrogens is 208 g/mol. The minimum Gasteiger partial charge on any atom is -0.313 e. The molecule has 0 aliphatic carbocycles. The lowest BCUT2D eigenvalue weighted by Gasteiger charge is -2.16. The molecule has 1 fully saturated rings. The van der Waals surface area contributed by atoms with Crippen LogP contribution in [0.5, 0.6) is 0 Å². The van der Waals surface area contributed by atoms with Crippen LogP contribution >= 0.6 is 0 Å². The van der Waals surface area contributed by atoms with E-state index in [0.717, 1.165) is 12.6 Å². The summed E-state index contributed by atoms with van der Waals surface area (Å²) >= 11 is 0. The van der Waals surface area contributed by atoms with Gasteiger partial charge in [-0.1, -0.05) is 36.8 Å². The van der Waals surface area contributed by atoms with Gasteiger partial charge < -0.3 is 10.2 Å². The van der Waals surface area contributed by atoms with Gasteiger partial charge in [0.2, 0.25) is 0 Å². The van der Waals surface area contributed by atoms with Gasteiger partial charge in [0, 0.05) is 19.1 Å². The summed E-state index contributed by atoms with van der Waals surface area (Å²) in [6, 6.07) is 9.59. The van der Waals surface area contributed by atoms with Gasteiger partial charge in [0.15, 0.2) is 0 Å². The van der Waals surface area contributed by atoms with E-state index in [1.165, 1.54) is 43.6 Å². The molecule has 1 unspecified atom stereocenters. The quantitative estimate of drug-likeness (QED) is 0.837. The molecule has 0 amide bonds. The van der Waals surface area contributed by atoms with Gasteiger partial charge in [0.25, 0.3) is 0 Å². The maximum absolute atomic E-state index is 3.54. The van der Waals surface area contributed by atoms with Crippen molar-refractivity contribution in [2.75, 3.05) is 26.2 Å². The van der Waals surface area contributed by atoms with Crippen molar-refractivity contribution < 1.29 is 0 Å². The Morgan fingerprint density at radius 2 is 2.29 bits per heavy atom. The second-order valence-corrected chi connectivity index (χ2v) is 5.08. The monoisotopic (exact) mass is 232 g/mol. The molecule has 1 saturated heterocycles. The molecule has 2 rings (SSSR count). The third-order valence-corrected chi connectivity index (χ3v) is 3.56. The number of nitrogens with one attached hydrogen (secondary N) is 1. The number of likely N-dealkylation sites (N-methyl/N-ethyl adjacent to an activating group) is 1. The fourth-order valence-electron chi connectivity index (χ4n) is 2.65. The van der Waals surface area contributed by atoms with Crippen LogP contribution in [0.25, 0.3) is 0 Å². The van der Waals surface area contributed by atoms with Crippen molar-refractivity contribution in [3.63, 3.8) is 0 Å². The van der Waals surface area contributed by atoms with E-state index in [4.69, 9.17) is 0 Å². The summed E-state index contributed by atoms with van der Waals surface area (Å²) in [5.74, 6) is 0. The molecular formula is C15H24N2. The van der Waals surface area contributed by atoms with E-state index in [1.54, 1.807) is 0 Å². The first-order valence-electron chi connectivity index (χ1n) is 6.79. The predicted octanol–water partition coefficient (Wildman–Crippen LogP) is 2.22. The van der Waals surface area contributed by atoms with Crippen molar-refractivity contribution in [1.82, 2.24) is 10.2 Å². The van der Waals surface area contributed by atoms with Crippen LogP contribution < -0.4 is 5.32 Å². The zero-order valence-electron chi connectivity index (χ0n) is 11.1. The summed E-state index contributed by atoms with van der Waals surface area (Å²) in [7, 11) is 0. The largest absolute Gasteiger partial charge is 0.313 e. The number of rotatable bonds is 5. The van der Waals surface area contributed by atoms with Gasteiger partial charge in [-0.15, -0.1) is 0 Å². The lowest BCUT2D eigenvalue weighted by molar-refractivity contribution is 0.332. The van der Waals surface area contributed by atoms with Gasteiger partial charge in [0.1, 0.15) is 0 Å². The predicted molar refractivity (Wildman–Crippen MR) is 73.4 cm³/mol. The highest BCUT2D eigenvalue weighted by Gasteiger charge is 2.20. The molecule has 1 aliphatic rings. The maximum Gasteiger partial charge on any atom is 0.0207 e. The fourth-order valence-corrected chi connectivity index (χ4v) is 2.65.